The molecule has 0 saturated carbocycles. The van der Waals surface area contributed by atoms with E-state index in [0.717, 1.165) is 6.07 Å². The minimum Gasteiger partial charge on any atom is -0.444 e. The summed E-state index contributed by atoms with van der Waals surface area (Å²) < 4.78 is 32.2. The highest BCUT2D eigenvalue weighted by Crippen LogP contribution is 2.22. The molecule has 3 aromatic rings. The largest absolute Gasteiger partial charge is 0.444 e. The lowest BCUT2D eigenvalue weighted by molar-refractivity contribution is -0.125. The third-order valence-corrected chi connectivity index (χ3v) is 3.77. The molecular formula is C21H15F2NO3. The van der Waals surface area contributed by atoms with E-state index in [1.54, 1.807) is 30.3 Å². The van der Waals surface area contributed by atoms with Crippen LogP contribution in [0.5, 0.6) is 0 Å². The SMILES string of the molecule is O=C(O[C@H](C(=O)Nc1ccc(F)cc1)c1ccccc1)c1ccccc1F. The van der Waals surface area contributed by atoms with Crippen molar-refractivity contribution in [2.24, 2.45) is 0 Å². The predicted molar refractivity (Wildman–Crippen MR) is 96.0 cm³/mol. The minimum absolute atomic E-state index is 0.270. The summed E-state index contributed by atoms with van der Waals surface area (Å²) in [5.41, 5.74) is 0.485. The molecule has 1 amide bonds. The van der Waals surface area contributed by atoms with Crippen molar-refractivity contribution in [3.05, 3.63) is 102 Å². The van der Waals surface area contributed by atoms with E-state index >= 15 is 0 Å². The van der Waals surface area contributed by atoms with Crippen LogP contribution >= 0.6 is 0 Å². The Morgan fingerprint density at radius 3 is 2.11 bits per heavy atom. The molecule has 0 bridgehead atoms. The highest BCUT2D eigenvalue weighted by molar-refractivity contribution is 5.98. The Morgan fingerprint density at radius 2 is 1.44 bits per heavy atom. The molecule has 0 saturated heterocycles. The van der Waals surface area contributed by atoms with Gasteiger partial charge >= 0.3 is 5.97 Å². The molecular weight excluding hydrogens is 352 g/mol. The van der Waals surface area contributed by atoms with Crippen molar-refractivity contribution in [3.8, 4) is 0 Å². The molecule has 0 aliphatic carbocycles. The first-order valence-corrected chi connectivity index (χ1v) is 8.11. The number of halogens is 2. The number of anilines is 1. The molecule has 0 unspecified atom stereocenters. The molecule has 6 heteroatoms. The van der Waals surface area contributed by atoms with E-state index in [9.17, 15) is 18.4 Å². The van der Waals surface area contributed by atoms with Crippen LogP contribution in [0.4, 0.5) is 14.5 Å². The first kappa shape index (κ1) is 18.3. The van der Waals surface area contributed by atoms with Crippen LogP contribution in [-0.4, -0.2) is 11.9 Å². The summed E-state index contributed by atoms with van der Waals surface area (Å²) in [6.45, 7) is 0. The number of hydrogen-bond donors (Lipinski definition) is 1. The molecule has 0 aromatic heterocycles. The summed E-state index contributed by atoms with van der Waals surface area (Å²) in [5.74, 6) is -2.79. The van der Waals surface area contributed by atoms with E-state index in [4.69, 9.17) is 4.74 Å². The molecule has 4 nitrogen and oxygen atoms in total. The lowest BCUT2D eigenvalue weighted by Crippen LogP contribution is -2.26. The van der Waals surface area contributed by atoms with Gasteiger partial charge in [-0.15, -0.1) is 0 Å². The Bertz CT molecular complexity index is 943. The van der Waals surface area contributed by atoms with Crippen molar-refractivity contribution < 1.29 is 23.1 Å². The molecule has 0 fully saturated rings. The summed E-state index contributed by atoms with van der Waals surface area (Å²) in [4.78, 5) is 25.0. The number of esters is 1. The van der Waals surface area contributed by atoms with Gasteiger partial charge in [-0.05, 0) is 36.4 Å². The van der Waals surface area contributed by atoms with E-state index in [-0.39, 0.29) is 5.56 Å². The van der Waals surface area contributed by atoms with Crippen molar-refractivity contribution in [2.75, 3.05) is 5.32 Å². The van der Waals surface area contributed by atoms with Crippen LogP contribution in [0, 0.1) is 11.6 Å². The Labute approximate surface area is 154 Å². The average Bonchev–Trinajstić information content (AvgIpc) is 2.68. The quantitative estimate of drug-likeness (QED) is 0.676. The van der Waals surface area contributed by atoms with Gasteiger partial charge in [-0.1, -0.05) is 42.5 Å². The fourth-order valence-corrected chi connectivity index (χ4v) is 2.44. The number of carbonyl (C=O) groups excluding carboxylic acids is 2. The summed E-state index contributed by atoms with van der Waals surface area (Å²) >= 11 is 0. The van der Waals surface area contributed by atoms with Crippen LogP contribution in [-0.2, 0) is 9.53 Å². The van der Waals surface area contributed by atoms with Gasteiger partial charge in [-0.25, -0.2) is 13.6 Å². The van der Waals surface area contributed by atoms with Crippen molar-refractivity contribution in [2.45, 2.75) is 6.10 Å². The molecule has 3 rings (SSSR count). The zero-order valence-corrected chi connectivity index (χ0v) is 14.1. The van der Waals surface area contributed by atoms with Crippen LogP contribution in [0.3, 0.4) is 0 Å². The van der Waals surface area contributed by atoms with Gasteiger partial charge in [0.15, 0.2) is 0 Å². The predicted octanol–water partition coefficient (Wildman–Crippen LogP) is 4.50. The molecule has 0 heterocycles. The third kappa shape index (κ3) is 4.55. The lowest BCUT2D eigenvalue weighted by atomic mass is 10.1. The molecule has 3 aromatic carbocycles. The summed E-state index contributed by atoms with van der Waals surface area (Å²) in [7, 11) is 0. The Morgan fingerprint density at radius 1 is 0.815 bits per heavy atom. The fourth-order valence-electron chi connectivity index (χ4n) is 2.44. The van der Waals surface area contributed by atoms with E-state index in [1.165, 1.54) is 42.5 Å². The van der Waals surface area contributed by atoms with Crippen LogP contribution in [0.2, 0.25) is 0 Å². The average molecular weight is 367 g/mol. The number of ether oxygens (including phenoxy) is 1. The third-order valence-electron chi connectivity index (χ3n) is 3.77. The second-order valence-electron chi connectivity index (χ2n) is 5.67. The van der Waals surface area contributed by atoms with E-state index in [0.29, 0.717) is 11.3 Å². The maximum Gasteiger partial charge on any atom is 0.342 e. The second kappa shape index (κ2) is 8.23. The summed E-state index contributed by atoms with van der Waals surface area (Å²) in [5, 5.41) is 2.56. The van der Waals surface area contributed by atoms with Gasteiger partial charge in [0.05, 0.1) is 5.56 Å². The van der Waals surface area contributed by atoms with Crippen molar-refractivity contribution in [3.63, 3.8) is 0 Å². The first-order valence-electron chi connectivity index (χ1n) is 8.11. The van der Waals surface area contributed by atoms with E-state index < -0.39 is 29.6 Å². The van der Waals surface area contributed by atoms with Gasteiger partial charge in [0.1, 0.15) is 11.6 Å². The molecule has 0 radical (unpaired) electrons. The molecule has 27 heavy (non-hydrogen) atoms. The minimum atomic E-state index is -1.30. The van der Waals surface area contributed by atoms with Gasteiger partial charge in [0, 0.05) is 11.3 Å². The van der Waals surface area contributed by atoms with Crippen LogP contribution in [0.25, 0.3) is 0 Å². The molecule has 0 spiro atoms. The van der Waals surface area contributed by atoms with Gasteiger partial charge in [0.25, 0.3) is 5.91 Å². The Kier molecular flexibility index (Phi) is 5.56. The van der Waals surface area contributed by atoms with Gasteiger partial charge < -0.3 is 10.1 Å². The lowest BCUT2D eigenvalue weighted by Gasteiger charge is -2.18. The van der Waals surface area contributed by atoms with Crippen molar-refractivity contribution >= 4 is 17.6 Å². The Balaban J connectivity index is 1.85. The summed E-state index contributed by atoms with van der Waals surface area (Å²) in [6.07, 6.45) is -1.30. The van der Waals surface area contributed by atoms with Crippen LogP contribution < -0.4 is 5.32 Å². The number of carbonyl (C=O) groups is 2. The molecule has 1 atom stereocenters. The number of nitrogens with one attached hydrogen (secondary N) is 1. The van der Waals surface area contributed by atoms with Crippen molar-refractivity contribution in [1.82, 2.24) is 0 Å². The maximum atomic E-state index is 13.8. The molecule has 136 valence electrons. The number of benzene rings is 3. The zero-order valence-electron chi connectivity index (χ0n) is 14.1. The monoisotopic (exact) mass is 367 g/mol. The smallest absolute Gasteiger partial charge is 0.342 e. The second-order valence-corrected chi connectivity index (χ2v) is 5.67. The van der Waals surface area contributed by atoms with Gasteiger partial charge in [0.2, 0.25) is 6.10 Å². The van der Waals surface area contributed by atoms with Gasteiger partial charge in [-0.3, -0.25) is 4.79 Å². The molecule has 0 aliphatic heterocycles. The summed E-state index contributed by atoms with van der Waals surface area (Å²) in [6, 6.07) is 18.8. The highest BCUT2D eigenvalue weighted by Gasteiger charge is 2.26. The normalized spacial score (nSPS) is 11.5. The maximum absolute atomic E-state index is 13.8. The van der Waals surface area contributed by atoms with Gasteiger partial charge in [-0.2, -0.15) is 0 Å². The highest BCUT2D eigenvalue weighted by atomic mass is 19.1. The van der Waals surface area contributed by atoms with E-state index in [2.05, 4.69) is 5.32 Å². The van der Waals surface area contributed by atoms with E-state index in [1.807, 2.05) is 0 Å². The molecule has 1 N–H and O–H groups in total. The standard InChI is InChI=1S/C21H15F2NO3/c22-15-10-12-16(13-11-15)24-20(25)19(14-6-2-1-3-7-14)27-21(26)17-8-4-5-9-18(17)23/h1-13,19H,(H,24,25)/t19-/m0/s1. The van der Waals surface area contributed by atoms with Crippen LogP contribution in [0.15, 0.2) is 78.9 Å². The zero-order chi connectivity index (χ0) is 19.2. The Hall–Kier alpha value is -3.54. The number of rotatable bonds is 5. The van der Waals surface area contributed by atoms with Crippen LogP contribution in [0.1, 0.15) is 22.0 Å². The first-order chi connectivity index (χ1) is 13.0. The molecule has 0 aliphatic rings. The number of hydrogen-bond acceptors (Lipinski definition) is 3. The topological polar surface area (TPSA) is 55.4 Å². The fraction of sp³-hybridized carbons (Fsp3) is 0.0476. The van der Waals surface area contributed by atoms with Crippen molar-refractivity contribution in [1.29, 1.82) is 0 Å². The number of amides is 1.